The van der Waals surface area contributed by atoms with Crippen molar-refractivity contribution in [1.29, 1.82) is 0 Å². The number of carbonyl (C=O) groups is 2. The molecule has 1 amide bonds. The molecule has 18 heavy (non-hydrogen) atoms. The van der Waals surface area contributed by atoms with Crippen molar-refractivity contribution in [2.24, 2.45) is 10.8 Å². The predicted molar refractivity (Wildman–Crippen MR) is 65.2 cm³/mol. The number of hydrogen-bond donors (Lipinski definition) is 2. The van der Waals surface area contributed by atoms with Gasteiger partial charge in [0.05, 0.1) is 0 Å². The van der Waals surface area contributed by atoms with Gasteiger partial charge in [-0.2, -0.15) is 0 Å². The Morgan fingerprint density at radius 1 is 1.28 bits per heavy atom. The van der Waals surface area contributed by atoms with E-state index in [9.17, 15) is 14.7 Å². The largest absolute Gasteiger partial charge is 0.480 e. The van der Waals surface area contributed by atoms with Gasteiger partial charge in [-0.15, -0.1) is 0 Å². The first-order valence-corrected chi connectivity index (χ1v) is 6.28. The van der Waals surface area contributed by atoms with Crippen LogP contribution in [0.2, 0.25) is 0 Å². The molecule has 0 aromatic heterocycles. The topological polar surface area (TPSA) is 75.6 Å². The Kier molecular flexibility index (Phi) is 2.65. The molecule has 2 bridgehead atoms. The Balaban J connectivity index is 1.97. The van der Waals surface area contributed by atoms with Gasteiger partial charge >= 0.3 is 12.1 Å². The van der Waals surface area contributed by atoms with Gasteiger partial charge in [0, 0.05) is 5.41 Å². The van der Waals surface area contributed by atoms with E-state index in [4.69, 9.17) is 4.74 Å². The summed E-state index contributed by atoms with van der Waals surface area (Å²) >= 11 is 0. The summed E-state index contributed by atoms with van der Waals surface area (Å²) in [5.74, 6) is -0.970. The van der Waals surface area contributed by atoms with Crippen LogP contribution in [0, 0.1) is 10.8 Å². The van der Waals surface area contributed by atoms with Crippen LogP contribution in [-0.4, -0.2) is 28.8 Å². The van der Waals surface area contributed by atoms with E-state index in [1.54, 1.807) is 20.8 Å². The molecule has 2 N–H and O–H groups in total. The van der Waals surface area contributed by atoms with Crippen LogP contribution in [0.5, 0.6) is 0 Å². The van der Waals surface area contributed by atoms with Crippen molar-refractivity contribution >= 4 is 12.1 Å². The number of alkyl carbamates (subject to hydrolysis) is 1. The number of carboxylic acid groups (broad SMARTS) is 1. The molecule has 3 fully saturated rings. The van der Waals surface area contributed by atoms with Gasteiger partial charge in [-0.1, -0.05) is 6.92 Å². The molecular weight excluding hydrogens is 234 g/mol. The molecule has 1 atom stereocenters. The lowest BCUT2D eigenvalue weighted by molar-refractivity contribution is -0.214. The molecule has 3 rings (SSSR count). The Morgan fingerprint density at radius 2 is 1.78 bits per heavy atom. The Morgan fingerprint density at radius 3 is 2.11 bits per heavy atom. The molecule has 5 heteroatoms. The first kappa shape index (κ1) is 13.2. The maximum Gasteiger partial charge on any atom is 0.408 e. The van der Waals surface area contributed by atoms with Crippen molar-refractivity contribution < 1.29 is 19.4 Å². The second kappa shape index (κ2) is 3.62. The molecular formula is C13H21NO4. The summed E-state index contributed by atoms with van der Waals surface area (Å²) in [7, 11) is 0. The van der Waals surface area contributed by atoms with E-state index in [1.165, 1.54) is 0 Å². The minimum atomic E-state index is -0.970. The summed E-state index contributed by atoms with van der Waals surface area (Å²) in [6.07, 6.45) is 2.00. The van der Waals surface area contributed by atoms with Crippen molar-refractivity contribution in [3.63, 3.8) is 0 Å². The highest BCUT2D eigenvalue weighted by atomic mass is 16.6. The smallest absolute Gasteiger partial charge is 0.408 e. The third-order valence-electron chi connectivity index (χ3n) is 3.86. The first-order chi connectivity index (χ1) is 8.05. The molecule has 0 aromatic carbocycles. The highest BCUT2D eigenvalue weighted by Gasteiger charge is 2.69. The number of carbonyl (C=O) groups excluding carboxylic acids is 1. The maximum atomic E-state index is 11.7. The first-order valence-electron chi connectivity index (χ1n) is 6.28. The van der Waals surface area contributed by atoms with Gasteiger partial charge in [-0.3, -0.25) is 0 Å². The van der Waals surface area contributed by atoms with E-state index < -0.39 is 23.7 Å². The van der Waals surface area contributed by atoms with Crippen LogP contribution in [0.4, 0.5) is 4.79 Å². The van der Waals surface area contributed by atoms with Crippen LogP contribution in [-0.2, 0) is 9.53 Å². The maximum absolute atomic E-state index is 11.7. The van der Waals surface area contributed by atoms with E-state index in [0.29, 0.717) is 5.41 Å². The van der Waals surface area contributed by atoms with Crippen molar-refractivity contribution in [2.75, 3.05) is 0 Å². The third-order valence-corrected chi connectivity index (χ3v) is 3.86. The lowest BCUT2D eigenvalue weighted by Gasteiger charge is -2.71. The molecule has 3 aliphatic carbocycles. The molecule has 0 radical (unpaired) electrons. The number of amides is 1. The van der Waals surface area contributed by atoms with Crippen LogP contribution < -0.4 is 5.32 Å². The van der Waals surface area contributed by atoms with Gasteiger partial charge in [0.25, 0.3) is 0 Å². The van der Waals surface area contributed by atoms with Gasteiger partial charge < -0.3 is 15.2 Å². The van der Waals surface area contributed by atoms with Gasteiger partial charge in [-0.05, 0) is 45.4 Å². The minimum Gasteiger partial charge on any atom is -0.480 e. The normalized spacial score (nSPS) is 34.9. The summed E-state index contributed by atoms with van der Waals surface area (Å²) < 4.78 is 5.11. The summed E-state index contributed by atoms with van der Waals surface area (Å²) in [5, 5.41) is 11.8. The molecule has 0 spiro atoms. The average molecular weight is 255 g/mol. The molecule has 3 aliphatic rings. The quantitative estimate of drug-likeness (QED) is 0.810. The Hall–Kier alpha value is -1.26. The summed E-state index contributed by atoms with van der Waals surface area (Å²) in [5.41, 5.74) is -0.542. The fourth-order valence-electron chi connectivity index (χ4n) is 3.60. The molecule has 0 aromatic rings. The van der Waals surface area contributed by atoms with Crippen LogP contribution in [0.15, 0.2) is 0 Å². The van der Waals surface area contributed by atoms with Crippen molar-refractivity contribution in [2.45, 2.75) is 58.6 Å². The van der Waals surface area contributed by atoms with Gasteiger partial charge in [0.15, 0.2) is 0 Å². The molecule has 3 saturated carbocycles. The predicted octanol–water partition coefficient (Wildman–Crippen LogP) is 2.15. The molecule has 0 saturated heterocycles. The SMILES string of the molecule is CC12CC([C@H](NC(=O)OC(C)(C)C)C(=O)O)(C1)C2. The number of carboxylic acids is 1. The van der Waals surface area contributed by atoms with Gasteiger partial charge in [0.1, 0.15) is 11.6 Å². The minimum absolute atomic E-state index is 0.239. The average Bonchev–Trinajstić information content (AvgIpc) is 2.04. The lowest BCUT2D eigenvalue weighted by atomic mass is 9.34. The fourth-order valence-corrected chi connectivity index (χ4v) is 3.60. The van der Waals surface area contributed by atoms with Crippen LogP contribution >= 0.6 is 0 Å². The summed E-state index contributed by atoms with van der Waals surface area (Å²) in [4.78, 5) is 23.0. The number of nitrogens with one attached hydrogen (secondary N) is 1. The standard InChI is InChI=1S/C13H21NO4/c1-11(2,3)18-10(17)14-8(9(15)16)13-5-12(4,6-13)7-13/h8H,5-7H2,1-4H3,(H,14,17)(H,15,16)/t8-,12?,13?/m1/s1. The molecule has 0 aliphatic heterocycles. The van der Waals surface area contributed by atoms with Crippen molar-refractivity contribution in [1.82, 2.24) is 5.32 Å². The molecule has 5 nitrogen and oxygen atoms in total. The van der Waals surface area contributed by atoms with E-state index in [1.807, 2.05) is 0 Å². The monoisotopic (exact) mass is 255 g/mol. The highest BCUT2D eigenvalue weighted by molar-refractivity contribution is 5.81. The number of hydrogen-bond acceptors (Lipinski definition) is 3. The highest BCUT2D eigenvalue weighted by Crippen LogP contribution is 2.74. The Bertz CT molecular complexity index is 377. The molecule has 0 heterocycles. The zero-order chi connectivity index (χ0) is 13.8. The van der Waals surface area contributed by atoms with E-state index in [0.717, 1.165) is 19.3 Å². The zero-order valence-electron chi connectivity index (χ0n) is 11.4. The van der Waals surface area contributed by atoms with Crippen molar-refractivity contribution in [3.05, 3.63) is 0 Å². The van der Waals surface area contributed by atoms with E-state index in [-0.39, 0.29) is 5.41 Å². The fraction of sp³-hybridized carbons (Fsp3) is 0.846. The second-order valence-electron chi connectivity index (χ2n) is 7.12. The number of aliphatic carboxylic acids is 1. The Labute approximate surface area is 107 Å². The molecule has 102 valence electrons. The summed E-state index contributed by atoms with van der Waals surface area (Å²) in [6, 6.07) is -0.825. The van der Waals surface area contributed by atoms with Crippen LogP contribution in [0.25, 0.3) is 0 Å². The summed E-state index contributed by atoms with van der Waals surface area (Å²) in [6.45, 7) is 7.42. The third kappa shape index (κ3) is 2.18. The zero-order valence-corrected chi connectivity index (χ0v) is 11.4. The van der Waals surface area contributed by atoms with E-state index >= 15 is 0 Å². The number of rotatable bonds is 3. The van der Waals surface area contributed by atoms with Gasteiger partial charge in [-0.25, -0.2) is 9.59 Å². The number of ether oxygens (including phenoxy) is 1. The van der Waals surface area contributed by atoms with Crippen LogP contribution in [0.1, 0.15) is 47.0 Å². The lowest BCUT2D eigenvalue weighted by Crippen LogP contribution is -2.70. The van der Waals surface area contributed by atoms with E-state index in [2.05, 4.69) is 12.2 Å². The van der Waals surface area contributed by atoms with Gasteiger partial charge in [0.2, 0.25) is 0 Å². The van der Waals surface area contributed by atoms with Crippen LogP contribution in [0.3, 0.4) is 0 Å². The van der Waals surface area contributed by atoms with Crippen molar-refractivity contribution in [3.8, 4) is 0 Å². The second-order valence-corrected chi connectivity index (χ2v) is 7.12. The molecule has 0 unspecified atom stereocenters.